The first-order chi connectivity index (χ1) is 8.42. The molecule has 0 unspecified atom stereocenters. The molecule has 1 aromatic heterocycles. The van der Waals surface area contributed by atoms with Crippen LogP contribution in [0.25, 0.3) is 0 Å². The van der Waals surface area contributed by atoms with E-state index < -0.39 is 25.3 Å². The van der Waals surface area contributed by atoms with Crippen LogP contribution in [-0.4, -0.2) is 52.2 Å². The van der Waals surface area contributed by atoms with Crippen molar-refractivity contribution < 1.29 is 23.4 Å². The minimum atomic E-state index is -4.29. The van der Waals surface area contributed by atoms with E-state index in [0.717, 1.165) is 0 Å². The average molecular weight is 265 g/mol. The highest BCUT2D eigenvalue weighted by Gasteiger charge is 2.28. The van der Waals surface area contributed by atoms with Gasteiger partial charge in [-0.25, -0.2) is 9.97 Å². The Kier molecular flexibility index (Phi) is 5.29. The normalized spacial score (nSPS) is 13.4. The van der Waals surface area contributed by atoms with E-state index in [9.17, 15) is 18.3 Å². The van der Waals surface area contributed by atoms with E-state index in [1.807, 2.05) is 0 Å². The number of aromatic nitrogens is 2. The molecule has 5 nitrogen and oxygen atoms in total. The highest BCUT2D eigenvalue weighted by Crippen LogP contribution is 2.21. The molecule has 0 aliphatic heterocycles. The van der Waals surface area contributed by atoms with Crippen molar-refractivity contribution in [1.29, 1.82) is 0 Å². The van der Waals surface area contributed by atoms with Gasteiger partial charge in [-0.15, -0.1) is 0 Å². The minimum Gasteiger partial charge on any atom is -0.394 e. The van der Waals surface area contributed by atoms with Crippen molar-refractivity contribution in [2.45, 2.75) is 18.7 Å². The van der Waals surface area contributed by atoms with Crippen LogP contribution in [0.5, 0.6) is 0 Å². The van der Waals surface area contributed by atoms with E-state index in [2.05, 4.69) is 9.97 Å². The SMILES string of the molecule is OC[C@@H](O)CN(CCC(F)(F)F)c1ncccn1. The number of hydrogen-bond donors (Lipinski definition) is 2. The third-order valence-electron chi connectivity index (χ3n) is 2.14. The molecule has 0 saturated carbocycles. The summed E-state index contributed by atoms with van der Waals surface area (Å²) < 4.78 is 36.5. The van der Waals surface area contributed by atoms with Crippen LogP contribution in [-0.2, 0) is 0 Å². The third kappa shape index (κ3) is 5.28. The fourth-order valence-corrected chi connectivity index (χ4v) is 1.30. The Balaban J connectivity index is 2.69. The number of aliphatic hydroxyl groups is 2. The van der Waals surface area contributed by atoms with Gasteiger partial charge in [0.1, 0.15) is 0 Å². The second-order valence-corrected chi connectivity index (χ2v) is 3.70. The van der Waals surface area contributed by atoms with Crippen molar-refractivity contribution in [3.05, 3.63) is 18.5 Å². The summed E-state index contributed by atoms with van der Waals surface area (Å²) in [6, 6.07) is 1.54. The van der Waals surface area contributed by atoms with Gasteiger partial charge < -0.3 is 15.1 Å². The fraction of sp³-hybridized carbons (Fsp3) is 0.600. The summed E-state index contributed by atoms with van der Waals surface area (Å²) in [5.74, 6) is 0.0919. The van der Waals surface area contributed by atoms with Crippen LogP contribution >= 0.6 is 0 Å². The number of nitrogens with zero attached hydrogens (tertiary/aromatic N) is 3. The van der Waals surface area contributed by atoms with Crippen LogP contribution in [0.3, 0.4) is 0 Å². The van der Waals surface area contributed by atoms with Crippen molar-refractivity contribution in [2.24, 2.45) is 0 Å². The summed E-state index contributed by atoms with van der Waals surface area (Å²) in [5, 5.41) is 18.0. The number of anilines is 1. The monoisotopic (exact) mass is 265 g/mol. The molecule has 18 heavy (non-hydrogen) atoms. The Morgan fingerprint density at radius 1 is 1.28 bits per heavy atom. The zero-order valence-electron chi connectivity index (χ0n) is 9.51. The zero-order chi connectivity index (χ0) is 13.6. The quantitative estimate of drug-likeness (QED) is 0.787. The maximum Gasteiger partial charge on any atom is 0.390 e. The lowest BCUT2D eigenvalue weighted by atomic mass is 10.3. The Hall–Kier alpha value is -1.41. The Morgan fingerprint density at radius 3 is 2.39 bits per heavy atom. The lowest BCUT2D eigenvalue weighted by Gasteiger charge is -2.24. The summed E-state index contributed by atoms with van der Waals surface area (Å²) >= 11 is 0. The number of aliphatic hydroxyl groups excluding tert-OH is 2. The Labute approximate surface area is 102 Å². The standard InChI is InChI=1S/C10H14F3N3O2/c11-10(12,13)2-5-16(6-8(18)7-17)9-14-3-1-4-15-9/h1,3-4,8,17-18H,2,5-7H2/t8-/m0/s1. The molecule has 102 valence electrons. The average Bonchev–Trinajstić information content (AvgIpc) is 2.34. The molecule has 2 N–H and O–H groups in total. The molecule has 0 aliphatic rings. The minimum absolute atomic E-state index is 0.0919. The summed E-state index contributed by atoms with van der Waals surface area (Å²) in [6.07, 6.45) is -3.68. The van der Waals surface area contributed by atoms with Crippen molar-refractivity contribution in [3.63, 3.8) is 0 Å². The van der Waals surface area contributed by atoms with E-state index in [-0.39, 0.29) is 19.0 Å². The molecule has 1 atom stereocenters. The molecule has 0 spiro atoms. The zero-order valence-corrected chi connectivity index (χ0v) is 9.51. The molecular formula is C10H14F3N3O2. The summed E-state index contributed by atoms with van der Waals surface area (Å²) in [5.41, 5.74) is 0. The van der Waals surface area contributed by atoms with Crippen molar-refractivity contribution >= 4 is 5.95 Å². The van der Waals surface area contributed by atoms with Gasteiger partial charge in [-0.1, -0.05) is 0 Å². The highest BCUT2D eigenvalue weighted by atomic mass is 19.4. The second-order valence-electron chi connectivity index (χ2n) is 3.70. The third-order valence-corrected chi connectivity index (χ3v) is 2.14. The van der Waals surface area contributed by atoms with Crippen LogP contribution in [0.2, 0.25) is 0 Å². The molecule has 0 saturated heterocycles. The predicted octanol–water partition coefficient (Wildman–Crippen LogP) is 0.589. The number of alkyl halides is 3. The van der Waals surface area contributed by atoms with Gasteiger partial charge in [0.2, 0.25) is 5.95 Å². The second kappa shape index (κ2) is 6.50. The Bertz CT molecular complexity index is 348. The van der Waals surface area contributed by atoms with Crippen LogP contribution in [0, 0.1) is 0 Å². The van der Waals surface area contributed by atoms with Gasteiger partial charge in [0.15, 0.2) is 0 Å². The highest BCUT2D eigenvalue weighted by molar-refractivity contribution is 5.28. The summed E-state index contributed by atoms with van der Waals surface area (Å²) in [4.78, 5) is 8.83. The molecule has 0 fully saturated rings. The van der Waals surface area contributed by atoms with E-state index in [4.69, 9.17) is 5.11 Å². The van der Waals surface area contributed by atoms with Gasteiger partial charge in [-0.3, -0.25) is 0 Å². The molecular weight excluding hydrogens is 251 g/mol. The number of halogens is 3. The van der Waals surface area contributed by atoms with Gasteiger partial charge in [0.25, 0.3) is 0 Å². The maximum atomic E-state index is 12.2. The smallest absolute Gasteiger partial charge is 0.390 e. The molecule has 8 heteroatoms. The van der Waals surface area contributed by atoms with Gasteiger partial charge in [-0.05, 0) is 6.07 Å². The van der Waals surface area contributed by atoms with Gasteiger partial charge in [0.05, 0.1) is 19.1 Å². The van der Waals surface area contributed by atoms with Crippen molar-refractivity contribution in [1.82, 2.24) is 9.97 Å². The van der Waals surface area contributed by atoms with E-state index in [1.165, 1.54) is 23.4 Å². The molecule has 1 heterocycles. The maximum absolute atomic E-state index is 12.2. The Morgan fingerprint density at radius 2 is 1.89 bits per heavy atom. The van der Waals surface area contributed by atoms with E-state index in [0.29, 0.717) is 0 Å². The van der Waals surface area contributed by atoms with Crippen LogP contribution in [0.1, 0.15) is 6.42 Å². The van der Waals surface area contributed by atoms with Crippen molar-refractivity contribution in [3.8, 4) is 0 Å². The summed E-state index contributed by atoms with van der Waals surface area (Å²) in [6.45, 7) is -1.06. The largest absolute Gasteiger partial charge is 0.394 e. The van der Waals surface area contributed by atoms with Crippen LogP contribution in [0.4, 0.5) is 19.1 Å². The van der Waals surface area contributed by atoms with E-state index >= 15 is 0 Å². The molecule has 0 radical (unpaired) electrons. The first-order valence-electron chi connectivity index (χ1n) is 5.30. The number of hydrogen-bond acceptors (Lipinski definition) is 5. The molecule has 1 aromatic rings. The lowest BCUT2D eigenvalue weighted by Crippen LogP contribution is -2.37. The number of rotatable bonds is 6. The fourth-order valence-electron chi connectivity index (χ4n) is 1.30. The van der Waals surface area contributed by atoms with Gasteiger partial charge in [0, 0.05) is 25.5 Å². The first-order valence-corrected chi connectivity index (χ1v) is 5.30. The van der Waals surface area contributed by atoms with Crippen LogP contribution in [0.15, 0.2) is 18.5 Å². The predicted molar refractivity (Wildman–Crippen MR) is 58.0 cm³/mol. The summed E-state index contributed by atoms with van der Waals surface area (Å²) in [7, 11) is 0. The molecule has 0 aliphatic carbocycles. The molecule has 0 amide bonds. The first kappa shape index (κ1) is 14.7. The van der Waals surface area contributed by atoms with Crippen LogP contribution < -0.4 is 4.90 Å². The van der Waals surface area contributed by atoms with Gasteiger partial charge >= 0.3 is 6.18 Å². The topological polar surface area (TPSA) is 69.5 Å². The van der Waals surface area contributed by atoms with Gasteiger partial charge in [-0.2, -0.15) is 13.2 Å². The molecule has 1 rings (SSSR count). The van der Waals surface area contributed by atoms with Crippen molar-refractivity contribution in [2.75, 3.05) is 24.6 Å². The lowest BCUT2D eigenvalue weighted by molar-refractivity contribution is -0.132. The van der Waals surface area contributed by atoms with E-state index in [1.54, 1.807) is 0 Å². The molecule has 0 bridgehead atoms. The molecule has 0 aromatic carbocycles.